The van der Waals surface area contributed by atoms with Gasteiger partial charge in [-0.3, -0.25) is 9.59 Å². The van der Waals surface area contributed by atoms with Crippen molar-refractivity contribution in [2.45, 2.75) is 50.4 Å². The lowest BCUT2D eigenvalue weighted by molar-refractivity contribution is -0.161. The van der Waals surface area contributed by atoms with Gasteiger partial charge in [-0.1, -0.05) is 12.1 Å². The van der Waals surface area contributed by atoms with Crippen LogP contribution in [-0.4, -0.2) is 27.1 Å². The number of benzene rings is 3. The van der Waals surface area contributed by atoms with E-state index in [-0.39, 0.29) is 29.5 Å². The van der Waals surface area contributed by atoms with Crippen LogP contribution in [0.25, 0.3) is 22.0 Å². The van der Waals surface area contributed by atoms with Crippen molar-refractivity contribution in [2.75, 3.05) is 0 Å². The van der Waals surface area contributed by atoms with E-state index >= 15 is 0 Å². The van der Waals surface area contributed by atoms with Crippen molar-refractivity contribution < 1.29 is 36.6 Å². The maximum absolute atomic E-state index is 14.7. The number of amides is 1. The van der Waals surface area contributed by atoms with Crippen molar-refractivity contribution in [3.63, 3.8) is 0 Å². The fourth-order valence-corrected chi connectivity index (χ4v) is 6.61. The van der Waals surface area contributed by atoms with Gasteiger partial charge in [0.05, 0.1) is 16.6 Å². The van der Waals surface area contributed by atoms with Gasteiger partial charge in [0.25, 0.3) is 5.91 Å². The van der Waals surface area contributed by atoms with Crippen LogP contribution in [0.2, 0.25) is 0 Å². The highest BCUT2D eigenvalue weighted by molar-refractivity contribution is 6.08. The minimum atomic E-state index is -4.45. The van der Waals surface area contributed by atoms with E-state index in [0.717, 1.165) is 24.3 Å². The fourth-order valence-electron chi connectivity index (χ4n) is 6.61. The Morgan fingerprint density at radius 3 is 2.29 bits per heavy atom. The van der Waals surface area contributed by atoms with Crippen LogP contribution in [0.5, 0.6) is 0 Å². The van der Waals surface area contributed by atoms with E-state index in [9.17, 15) is 31.5 Å². The Labute approximate surface area is 231 Å². The van der Waals surface area contributed by atoms with Crippen molar-refractivity contribution in [1.29, 1.82) is 0 Å². The third-order valence-electron chi connectivity index (χ3n) is 8.37. The maximum atomic E-state index is 14.7. The van der Waals surface area contributed by atoms with E-state index in [4.69, 9.17) is 5.11 Å². The van der Waals surface area contributed by atoms with Gasteiger partial charge in [0.2, 0.25) is 0 Å². The number of aliphatic carboxylic acids is 1. The molecule has 5 nitrogen and oxygen atoms in total. The molecule has 0 spiro atoms. The van der Waals surface area contributed by atoms with Crippen molar-refractivity contribution in [1.82, 2.24) is 9.88 Å². The molecule has 1 amide bonds. The van der Waals surface area contributed by atoms with Crippen LogP contribution >= 0.6 is 0 Å². The van der Waals surface area contributed by atoms with Crippen LogP contribution in [0.15, 0.2) is 66.9 Å². The molecule has 41 heavy (non-hydrogen) atoms. The summed E-state index contributed by atoms with van der Waals surface area (Å²) in [6.45, 7) is 0.190. The second kappa shape index (κ2) is 9.43. The highest BCUT2D eigenvalue weighted by atomic mass is 19.4. The molecule has 1 aromatic heterocycles. The Balaban J connectivity index is 1.34. The van der Waals surface area contributed by atoms with E-state index < -0.39 is 40.8 Å². The fraction of sp³-hybridized carbons (Fsp3) is 0.290. The van der Waals surface area contributed by atoms with E-state index in [1.165, 1.54) is 18.2 Å². The molecule has 212 valence electrons. The Bertz CT molecular complexity index is 1670. The number of fused-ring (bicyclic) bond motifs is 1. The smallest absolute Gasteiger partial charge is 0.416 e. The number of carboxylic acids is 1. The molecule has 3 aliphatic rings. The van der Waals surface area contributed by atoms with E-state index in [1.807, 2.05) is 0 Å². The summed E-state index contributed by atoms with van der Waals surface area (Å²) in [7, 11) is 0. The molecule has 10 heteroatoms. The average Bonchev–Trinajstić information content (AvgIpc) is 3.26. The quantitative estimate of drug-likeness (QED) is 0.222. The maximum Gasteiger partial charge on any atom is 0.416 e. The SMILES string of the molecule is O=C(O)CCC12CC(NC(=O)c3cc(-c4ccc(F)cc4F)cc4ccn(Cc5ccc(C(F)(F)F)cc5)c34)(C1)C2. The second-order valence-electron chi connectivity index (χ2n) is 11.4. The first-order valence-corrected chi connectivity index (χ1v) is 13.1. The third kappa shape index (κ3) is 4.96. The van der Waals surface area contributed by atoms with Gasteiger partial charge in [-0.2, -0.15) is 13.2 Å². The minimum absolute atomic E-state index is 0.0666. The number of alkyl halides is 3. The molecule has 2 N–H and O–H groups in total. The molecule has 0 unspecified atom stereocenters. The van der Waals surface area contributed by atoms with Gasteiger partial charge in [-0.25, -0.2) is 8.78 Å². The van der Waals surface area contributed by atoms with Gasteiger partial charge in [0, 0.05) is 41.7 Å². The van der Waals surface area contributed by atoms with E-state index in [2.05, 4.69) is 5.32 Å². The van der Waals surface area contributed by atoms with Crippen LogP contribution in [-0.2, 0) is 17.5 Å². The molecule has 0 radical (unpaired) electrons. The molecule has 0 atom stereocenters. The molecule has 2 bridgehead atoms. The summed E-state index contributed by atoms with van der Waals surface area (Å²) >= 11 is 0. The Morgan fingerprint density at radius 2 is 1.66 bits per heavy atom. The standard InChI is InChI=1S/C31H25F5N2O3/c32-22-5-6-23(25(33)13-22)20-11-19-8-10-38(14-18-1-3-21(4-2-18)31(34,35)36)27(19)24(12-20)28(41)37-30-15-29(16-30,17-30)9-7-26(39)40/h1-6,8,10-13H,7,9,14-17H2,(H,37,41)(H,39,40). The molecule has 3 saturated carbocycles. The third-order valence-corrected chi connectivity index (χ3v) is 8.37. The number of rotatable bonds is 8. The van der Waals surface area contributed by atoms with Gasteiger partial charge in [-0.15, -0.1) is 0 Å². The Hall–Kier alpha value is -4.21. The summed E-state index contributed by atoms with van der Waals surface area (Å²) in [5.41, 5.74) is 0.620. The lowest BCUT2D eigenvalue weighted by atomic mass is 9.38. The zero-order valence-corrected chi connectivity index (χ0v) is 21.7. The zero-order valence-electron chi connectivity index (χ0n) is 21.7. The topological polar surface area (TPSA) is 71.3 Å². The van der Waals surface area contributed by atoms with Crippen molar-refractivity contribution in [3.05, 3.63) is 95.2 Å². The first-order valence-electron chi connectivity index (χ1n) is 13.1. The molecule has 3 aliphatic carbocycles. The van der Waals surface area contributed by atoms with Crippen LogP contribution in [0, 0.1) is 17.0 Å². The molecule has 1 heterocycles. The minimum Gasteiger partial charge on any atom is -0.481 e. The van der Waals surface area contributed by atoms with Crippen molar-refractivity contribution >= 4 is 22.8 Å². The van der Waals surface area contributed by atoms with Gasteiger partial charge in [0.1, 0.15) is 11.6 Å². The number of carbonyl (C=O) groups excluding carboxylic acids is 1. The summed E-state index contributed by atoms with van der Waals surface area (Å²) < 4.78 is 69.1. The first-order chi connectivity index (χ1) is 19.4. The molecule has 4 aromatic rings. The summed E-state index contributed by atoms with van der Waals surface area (Å²) in [5, 5.41) is 12.7. The number of hydrogen-bond donors (Lipinski definition) is 2. The molecule has 3 aromatic carbocycles. The van der Waals surface area contributed by atoms with E-state index in [0.29, 0.717) is 47.7 Å². The summed E-state index contributed by atoms with van der Waals surface area (Å²) in [6, 6.07) is 13.0. The van der Waals surface area contributed by atoms with Gasteiger partial charge in [0.15, 0.2) is 0 Å². The molecule has 0 saturated heterocycles. The molecule has 7 rings (SSSR count). The lowest BCUT2D eigenvalue weighted by Gasteiger charge is -2.71. The number of nitrogens with one attached hydrogen (secondary N) is 1. The van der Waals surface area contributed by atoms with Crippen LogP contribution < -0.4 is 5.32 Å². The zero-order chi connectivity index (χ0) is 29.2. The lowest BCUT2D eigenvalue weighted by Crippen LogP contribution is -2.74. The highest BCUT2D eigenvalue weighted by Gasteiger charge is 2.67. The molecule has 0 aliphatic heterocycles. The number of halogens is 5. The number of aromatic nitrogens is 1. The number of carbonyl (C=O) groups is 2. The van der Waals surface area contributed by atoms with Gasteiger partial charge >= 0.3 is 12.1 Å². The molecule has 3 fully saturated rings. The van der Waals surface area contributed by atoms with Crippen molar-refractivity contribution in [3.8, 4) is 11.1 Å². The van der Waals surface area contributed by atoms with Crippen LogP contribution in [0.4, 0.5) is 22.0 Å². The Kier molecular flexibility index (Phi) is 6.20. The summed E-state index contributed by atoms with van der Waals surface area (Å²) in [5.74, 6) is -2.75. The Morgan fingerprint density at radius 1 is 0.951 bits per heavy atom. The number of nitrogens with zero attached hydrogens (tertiary/aromatic N) is 1. The molecular weight excluding hydrogens is 543 g/mol. The largest absolute Gasteiger partial charge is 0.481 e. The molecular formula is C31H25F5N2O3. The van der Waals surface area contributed by atoms with Gasteiger partial charge in [-0.05, 0) is 84.7 Å². The summed E-state index contributed by atoms with van der Waals surface area (Å²) in [4.78, 5) is 24.7. The predicted octanol–water partition coefficient (Wildman–Crippen LogP) is 7.17. The first kappa shape index (κ1) is 27.0. The summed E-state index contributed by atoms with van der Waals surface area (Å²) in [6.07, 6.45) is -0.0641. The van der Waals surface area contributed by atoms with E-state index in [1.54, 1.807) is 29.0 Å². The normalized spacial score (nSPS) is 21.3. The monoisotopic (exact) mass is 568 g/mol. The highest BCUT2D eigenvalue weighted by Crippen LogP contribution is 2.69. The van der Waals surface area contributed by atoms with Crippen LogP contribution in [0.3, 0.4) is 0 Å². The number of carboxylic acid groups (broad SMARTS) is 1. The number of hydrogen-bond acceptors (Lipinski definition) is 2. The second-order valence-corrected chi connectivity index (χ2v) is 11.4. The van der Waals surface area contributed by atoms with Crippen molar-refractivity contribution in [2.24, 2.45) is 5.41 Å². The van der Waals surface area contributed by atoms with Crippen LogP contribution in [0.1, 0.15) is 53.6 Å². The van der Waals surface area contributed by atoms with Gasteiger partial charge < -0.3 is 15.0 Å². The predicted molar refractivity (Wildman–Crippen MR) is 141 cm³/mol. The average molecular weight is 569 g/mol.